The number of hydrogen-bond donors (Lipinski definition) is 1. The van der Waals surface area contributed by atoms with Gasteiger partial charge >= 0.3 is 0 Å². The first kappa shape index (κ1) is 19.7. The molecule has 1 aromatic carbocycles. The van der Waals surface area contributed by atoms with Gasteiger partial charge in [-0.05, 0) is 35.3 Å². The number of carbonyl (C=O) groups is 2. The van der Waals surface area contributed by atoms with Gasteiger partial charge in [0.15, 0.2) is 0 Å². The smallest absolute Gasteiger partial charge is 0.288 e. The van der Waals surface area contributed by atoms with E-state index in [9.17, 15) is 19.7 Å². The summed E-state index contributed by atoms with van der Waals surface area (Å²) in [6.07, 6.45) is 6.83. The molecule has 1 N–H and O–H groups in total. The van der Waals surface area contributed by atoms with Gasteiger partial charge in [0, 0.05) is 29.3 Å². The molecule has 8 heteroatoms. The Morgan fingerprint density at radius 1 is 1.29 bits per heavy atom. The Hall–Kier alpha value is -3.06. The van der Waals surface area contributed by atoms with Crippen LogP contribution >= 0.6 is 11.6 Å². The van der Waals surface area contributed by atoms with Gasteiger partial charge in [0.25, 0.3) is 11.6 Å². The molecule has 0 radical (unpaired) electrons. The first-order chi connectivity index (χ1) is 13.1. The van der Waals surface area contributed by atoms with Crippen molar-refractivity contribution in [3.63, 3.8) is 0 Å². The average Bonchev–Trinajstić information content (AvgIpc) is 2.60. The maximum atomic E-state index is 12.4. The summed E-state index contributed by atoms with van der Waals surface area (Å²) in [6, 6.07) is 3.77. The molecular weight excluding hydrogens is 382 g/mol. The number of rotatable bonds is 2. The normalized spacial score (nSPS) is 20.2. The molecule has 0 fully saturated rings. The third-order valence-electron chi connectivity index (χ3n) is 4.47. The molecule has 1 unspecified atom stereocenters. The number of aliphatic imine (C=N–C) groups is 1. The van der Waals surface area contributed by atoms with Crippen LogP contribution in [0, 0.1) is 21.4 Å². The molecule has 7 nitrogen and oxygen atoms in total. The van der Waals surface area contributed by atoms with Gasteiger partial charge in [0.1, 0.15) is 5.02 Å². The minimum atomic E-state index is -0.655. The lowest BCUT2D eigenvalue weighted by molar-refractivity contribution is -0.384. The van der Waals surface area contributed by atoms with Gasteiger partial charge in [-0.3, -0.25) is 19.7 Å². The zero-order valence-corrected chi connectivity index (χ0v) is 16.3. The molecule has 3 rings (SSSR count). The van der Waals surface area contributed by atoms with Crippen LogP contribution < -0.4 is 5.32 Å². The van der Waals surface area contributed by atoms with E-state index in [2.05, 4.69) is 10.3 Å². The molecule has 0 spiro atoms. The van der Waals surface area contributed by atoms with Gasteiger partial charge in [-0.15, -0.1) is 0 Å². The Kier molecular flexibility index (Phi) is 5.04. The molecule has 1 aliphatic heterocycles. The summed E-state index contributed by atoms with van der Waals surface area (Å²) in [4.78, 5) is 38.8. The van der Waals surface area contributed by atoms with Gasteiger partial charge in [-0.25, -0.2) is 4.99 Å². The van der Waals surface area contributed by atoms with Crippen molar-refractivity contribution in [1.82, 2.24) is 5.32 Å². The second-order valence-electron chi connectivity index (χ2n) is 7.54. The molecular formula is C20H18ClN3O4. The molecule has 0 saturated heterocycles. The van der Waals surface area contributed by atoms with E-state index in [4.69, 9.17) is 11.6 Å². The van der Waals surface area contributed by atoms with E-state index >= 15 is 0 Å². The van der Waals surface area contributed by atoms with Crippen LogP contribution in [0.5, 0.6) is 0 Å². The third-order valence-corrected chi connectivity index (χ3v) is 4.79. The van der Waals surface area contributed by atoms with E-state index < -0.39 is 10.8 Å². The highest BCUT2D eigenvalue weighted by Gasteiger charge is 2.32. The van der Waals surface area contributed by atoms with Crippen molar-refractivity contribution in [2.75, 3.05) is 0 Å². The topological polar surface area (TPSA) is 102 Å². The van der Waals surface area contributed by atoms with E-state index in [1.54, 1.807) is 18.2 Å². The predicted octanol–water partition coefficient (Wildman–Crippen LogP) is 4.00. The molecule has 28 heavy (non-hydrogen) atoms. The second kappa shape index (κ2) is 7.16. The Labute approximate surface area is 166 Å². The number of halogens is 1. The van der Waals surface area contributed by atoms with Gasteiger partial charge in [0.05, 0.1) is 10.6 Å². The monoisotopic (exact) mass is 399 g/mol. The highest BCUT2D eigenvalue weighted by atomic mass is 35.5. The van der Waals surface area contributed by atoms with Crippen molar-refractivity contribution in [3.8, 4) is 0 Å². The quantitative estimate of drug-likeness (QED) is 0.599. The Balaban J connectivity index is 1.91. The van der Waals surface area contributed by atoms with Crippen LogP contribution in [-0.4, -0.2) is 22.4 Å². The number of allylic oxidation sites excluding steroid dienone is 3. The molecule has 1 aliphatic carbocycles. The first-order valence-corrected chi connectivity index (χ1v) is 8.94. The number of carbonyl (C=O) groups excluding carboxylic acids is 2. The zero-order valence-electron chi connectivity index (χ0n) is 15.5. The summed E-state index contributed by atoms with van der Waals surface area (Å²) >= 11 is 5.77. The van der Waals surface area contributed by atoms with Crippen molar-refractivity contribution < 1.29 is 14.5 Å². The average molecular weight is 400 g/mol. The standard InChI is InChI=1S/C20H18ClN3O4/c1-20(2,3)14-10-18(25)23-16-9-12(5-6-13(14)16)22-19(26)11-4-7-15(21)17(8-11)24(27)28/h4-10,13H,1-3H3,(H,23,25). The number of nitro benzene ring substituents is 1. The second-order valence-corrected chi connectivity index (χ2v) is 7.95. The number of nitrogens with one attached hydrogen (secondary N) is 1. The Morgan fingerprint density at radius 3 is 2.64 bits per heavy atom. The fraction of sp³-hybridized carbons (Fsp3) is 0.250. The van der Waals surface area contributed by atoms with Gasteiger partial charge in [-0.2, -0.15) is 0 Å². The van der Waals surface area contributed by atoms with Crippen LogP contribution in [-0.2, 0) is 4.79 Å². The van der Waals surface area contributed by atoms with Crippen molar-refractivity contribution in [2.24, 2.45) is 16.3 Å². The Bertz CT molecular complexity index is 1010. The molecule has 0 saturated carbocycles. The summed E-state index contributed by atoms with van der Waals surface area (Å²) in [7, 11) is 0. The highest BCUT2D eigenvalue weighted by molar-refractivity contribution is 6.32. The van der Waals surface area contributed by atoms with Crippen molar-refractivity contribution in [2.45, 2.75) is 20.8 Å². The van der Waals surface area contributed by atoms with Crippen LogP contribution in [0.1, 0.15) is 31.1 Å². The minimum Gasteiger partial charge on any atom is -0.325 e. The molecule has 1 heterocycles. The predicted molar refractivity (Wildman–Crippen MR) is 106 cm³/mol. The lowest BCUT2D eigenvalue weighted by Gasteiger charge is -2.34. The number of benzene rings is 1. The maximum Gasteiger partial charge on any atom is 0.288 e. The van der Waals surface area contributed by atoms with Gasteiger partial charge in [0.2, 0.25) is 5.91 Å². The molecule has 2 amide bonds. The Morgan fingerprint density at radius 2 is 2.00 bits per heavy atom. The lowest BCUT2D eigenvalue weighted by atomic mass is 9.74. The molecule has 1 atom stereocenters. The van der Waals surface area contributed by atoms with E-state index in [1.165, 1.54) is 12.1 Å². The molecule has 2 aliphatic rings. The van der Waals surface area contributed by atoms with E-state index in [1.807, 2.05) is 26.8 Å². The third kappa shape index (κ3) is 3.94. The largest absolute Gasteiger partial charge is 0.325 e. The van der Waals surface area contributed by atoms with Gasteiger partial charge in [-0.1, -0.05) is 38.4 Å². The summed E-state index contributed by atoms with van der Waals surface area (Å²) in [5.74, 6) is -0.950. The SMILES string of the molecule is CC(C)(C)C1=CC(=O)NC2=CC(=NC(=O)c3ccc(Cl)c([N+](=O)[O-])c3)C=CC21. The van der Waals surface area contributed by atoms with Crippen molar-refractivity contribution in [1.29, 1.82) is 0 Å². The number of hydrogen-bond acceptors (Lipinski definition) is 4. The first-order valence-electron chi connectivity index (χ1n) is 8.56. The lowest BCUT2D eigenvalue weighted by Crippen LogP contribution is -2.36. The molecule has 144 valence electrons. The van der Waals surface area contributed by atoms with E-state index in [0.29, 0.717) is 11.4 Å². The molecule has 0 aromatic heterocycles. The fourth-order valence-corrected chi connectivity index (χ4v) is 3.30. The minimum absolute atomic E-state index is 0.0526. The number of nitro groups is 1. The summed E-state index contributed by atoms with van der Waals surface area (Å²) < 4.78 is 0. The maximum absolute atomic E-state index is 12.4. The fourth-order valence-electron chi connectivity index (χ4n) is 3.11. The van der Waals surface area contributed by atoms with Crippen LogP contribution in [0.2, 0.25) is 5.02 Å². The van der Waals surface area contributed by atoms with Crippen LogP contribution in [0.15, 0.2) is 58.8 Å². The van der Waals surface area contributed by atoms with Crippen molar-refractivity contribution >= 4 is 34.8 Å². The number of nitrogens with zero attached hydrogens (tertiary/aromatic N) is 2. The van der Waals surface area contributed by atoms with Crippen LogP contribution in [0.4, 0.5) is 5.69 Å². The molecule has 1 aromatic rings. The summed E-state index contributed by atoms with van der Waals surface area (Å²) in [5.41, 5.74) is 1.47. The number of amides is 2. The van der Waals surface area contributed by atoms with Gasteiger partial charge < -0.3 is 5.32 Å². The van der Waals surface area contributed by atoms with Crippen molar-refractivity contribution in [3.05, 3.63) is 74.5 Å². The van der Waals surface area contributed by atoms with E-state index in [0.717, 1.165) is 11.6 Å². The summed E-state index contributed by atoms with van der Waals surface area (Å²) in [5, 5.41) is 13.7. The number of fused-ring (bicyclic) bond motifs is 1. The highest BCUT2D eigenvalue weighted by Crippen LogP contribution is 2.38. The summed E-state index contributed by atoms with van der Waals surface area (Å²) in [6.45, 7) is 6.09. The molecule has 0 bridgehead atoms. The van der Waals surface area contributed by atoms with E-state index in [-0.39, 0.29) is 33.5 Å². The zero-order chi connectivity index (χ0) is 20.6. The van der Waals surface area contributed by atoms with Crippen LogP contribution in [0.25, 0.3) is 0 Å². The van der Waals surface area contributed by atoms with Crippen LogP contribution in [0.3, 0.4) is 0 Å².